The van der Waals surface area contributed by atoms with Gasteiger partial charge in [-0.25, -0.2) is 0 Å². The van der Waals surface area contributed by atoms with Gasteiger partial charge in [0.1, 0.15) is 0 Å². The van der Waals surface area contributed by atoms with Gasteiger partial charge in [0, 0.05) is 6.54 Å². The van der Waals surface area contributed by atoms with Crippen LogP contribution >= 0.6 is 0 Å². The van der Waals surface area contributed by atoms with Gasteiger partial charge >= 0.3 is 0 Å². The molecule has 0 aromatic heterocycles. The Morgan fingerprint density at radius 3 is 2.71 bits per heavy atom. The molecule has 1 aliphatic heterocycles. The largest absolute Gasteiger partial charge is 0.389 e. The van der Waals surface area contributed by atoms with Crippen LogP contribution in [0.15, 0.2) is 0 Å². The minimum absolute atomic E-state index is 0.419. The topological polar surface area (TPSA) is 23.5 Å². The molecule has 1 saturated heterocycles. The van der Waals surface area contributed by atoms with Crippen molar-refractivity contribution >= 4 is 0 Å². The summed E-state index contributed by atoms with van der Waals surface area (Å²) in [6.07, 6.45) is 7.84. The normalized spacial score (nSPS) is 35.6. The summed E-state index contributed by atoms with van der Waals surface area (Å²) in [6, 6.07) is 0. The molecule has 0 aromatic rings. The Morgan fingerprint density at radius 1 is 1.36 bits per heavy atom. The van der Waals surface area contributed by atoms with E-state index in [-0.39, 0.29) is 0 Å². The number of aliphatic hydroxyl groups is 1. The molecule has 0 amide bonds. The van der Waals surface area contributed by atoms with E-state index in [0.29, 0.717) is 0 Å². The summed E-state index contributed by atoms with van der Waals surface area (Å²) in [4.78, 5) is 2.45. The molecule has 82 valence electrons. The van der Waals surface area contributed by atoms with Crippen LogP contribution in [0.5, 0.6) is 0 Å². The molecule has 1 N–H and O–H groups in total. The van der Waals surface area contributed by atoms with Crippen molar-refractivity contribution in [3.8, 4) is 0 Å². The predicted octanol–water partition coefficient (Wildman–Crippen LogP) is 2.02. The summed E-state index contributed by atoms with van der Waals surface area (Å²) in [7, 11) is 0. The highest BCUT2D eigenvalue weighted by molar-refractivity contribution is 4.83. The molecule has 0 bridgehead atoms. The minimum atomic E-state index is -0.419. The maximum absolute atomic E-state index is 9.94. The summed E-state index contributed by atoms with van der Waals surface area (Å²) in [5.41, 5.74) is -0.419. The maximum Gasteiger partial charge on any atom is 0.0746 e. The number of hydrogen-bond acceptors (Lipinski definition) is 2. The zero-order valence-corrected chi connectivity index (χ0v) is 9.34. The molecule has 2 aliphatic rings. The average Bonchev–Trinajstić information content (AvgIpc) is 1.99. The van der Waals surface area contributed by atoms with E-state index in [4.69, 9.17) is 0 Å². The van der Waals surface area contributed by atoms with E-state index in [2.05, 4.69) is 4.90 Å². The van der Waals surface area contributed by atoms with Crippen LogP contribution in [0.4, 0.5) is 0 Å². The quantitative estimate of drug-likeness (QED) is 0.748. The lowest BCUT2D eigenvalue weighted by atomic mass is 9.82. The van der Waals surface area contributed by atoms with Gasteiger partial charge in [-0.3, -0.25) is 0 Å². The first kappa shape index (κ1) is 10.4. The van der Waals surface area contributed by atoms with Crippen molar-refractivity contribution < 1.29 is 5.11 Å². The molecule has 14 heavy (non-hydrogen) atoms. The number of β-amino-alcohol motifs (C(OH)–C–C–N with tert-alkyl or cyclic N) is 1. The van der Waals surface area contributed by atoms with Crippen molar-refractivity contribution in [1.29, 1.82) is 0 Å². The second kappa shape index (κ2) is 4.19. The van der Waals surface area contributed by atoms with Gasteiger partial charge < -0.3 is 10.0 Å². The standard InChI is InChI=1S/C12H23NO/c1-12(14)7-3-8-13(10-12)9-6-11-4-2-5-11/h11,14H,2-10H2,1H3. The van der Waals surface area contributed by atoms with Crippen LogP contribution in [0.1, 0.15) is 45.4 Å². The predicted molar refractivity (Wildman–Crippen MR) is 58.3 cm³/mol. The molecule has 0 radical (unpaired) electrons. The fourth-order valence-corrected chi connectivity index (χ4v) is 2.66. The van der Waals surface area contributed by atoms with E-state index in [1.807, 2.05) is 6.92 Å². The first-order chi connectivity index (χ1) is 6.66. The lowest BCUT2D eigenvalue weighted by molar-refractivity contribution is -0.0177. The molecule has 1 atom stereocenters. The number of hydrogen-bond donors (Lipinski definition) is 1. The molecular formula is C12H23NO. The Balaban J connectivity index is 1.69. The molecular weight excluding hydrogens is 174 g/mol. The zero-order chi connectivity index (χ0) is 10.0. The number of likely N-dealkylation sites (tertiary alicyclic amines) is 1. The van der Waals surface area contributed by atoms with Crippen molar-refractivity contribution in [3.63, 3.8) is 0 Å². The van der Waals surface area contributed by atoms with Crippen LogP contribution in [0.3, 0.4) is 0 Å². The molecule has 2 nitrogen and oxygen atoms in total. The smallest absolute Gasteiger partial charge is 0.0746 e. The Labute approximate surface area is 87.3 Å². The summed E-state index contributed by atoms with van der Waals surface area (Å²) in [5.74, 6) is 1.00. The van der Waals surface area contributed by atoms with E-state index >= 15 is 0 Å². The van der Waals surface area contributed by atoms with E-state index in [9.17, 15) is 5.11 Å². The molecule has 1 heterocycles. The SMILES string of the molecule is CC1(O)CCCN(CCC2CCC2)C1. The van der Waals surface area contributed by atoms with Crippen LogP contribution in [0, 0.1) is 5.92 Å². The highest BCUT2D eigenvalue weighted by atomic mass is 16.3. The van der Waals surface area contributed by atoms with Gasteiger partial charge in [0.15, 0.2) is 0 Å². The van der Waals surface area contributed by atoms with Gasteiger partial charge in [-0.15, -0.1) is 0 Å². The van der Waals surface area contributed by atoms with Crippen LogP contribution in [-0.4, -0.2) is 35.2 Å². The van der Waals surface area contributed by atoms with Crippen molar-refractivity contribution in [1.82, 2.24) is 4.90 Å². The van der Waals surface area contributed by atoms with Gasteiger partial charge in [0.25, 0.3) is 0 Å². The van der Waals surface area contributed by atoms with E-state index in [1.165, 1.54) is 38.8 Å². The van der Waals surface area contributed by atoms with Crippen molar-refractivity contribution in [2.24, 2.45) is 5.92 Å². The van der Waals surface area contributed by atoms with Gasteiger partial charge in [-0.05, 0) is 45.2 Å². The number of piperidine rings is 1. The van der Waals surface area contributed by atoms with Crippen LogP contribution in [0.2, 0.25) is 0 Å². The summed E-state index contributed by atoms with van der Waals surface area (Å²) < 4.78 is 0. The minimum Gasteiger partial charge on any atom is -0.389 e. The fourth-order valence-electron chi connectivity index (χ4n) is 2.66. The van der Waals surface area contributed by atoms with Gasteiger partial charge in [0.05, 0.1) is 5.60 Å². The molecule has 2 heteroatoms. The molecule has 1 unspecified atom stereocenters. The van der Waals surface area contributed by atoms with E-state index < -0.39 is 5.60 Å². The zero-order valence-electron chi connectivity index (χ0n) is 9.34. The van der Waals surface area contributed by atoms with Crippen LogP contribution in [0.25, 0.3) is 0 Å². The fraction of sp³-hybridized carbons (Fsp3) is 1.00. The van der Waals surface area contributed by atoms with Crippen LogP contribution < -0.4 is 0 Å². The Morgan fingerprint density at radius 2 is 2.14 bits per heavy atom. The average molecular weight is 197 g/mol. The molecule has 1 saturated carbocycles. The van der Waals surface area contributed by atoms with Gasteiger partial charge in [-0.1, -0.05) is 19.3 Å². The first-order valence-corrected chi connectivity index (χ1v) is 6.10. The van der Waals surface area contributed by atoms with Gasteiger partial charge in [-0.2, -0.15) is 0 Å². The van der Waals surface area contributed by atoms with Crippen molar-refractivity contribution in [2.75, 3.05) is 19.6 Å². The summed E-state index contributed by atoms with van der Waals surface area (Å²) >= 11 is 0. The monoisotopic (exact) mass is 197 g/mol. The third-order valence-corrected chi connectivity index (χ3v) is 3.83. The van der Waals surface area contributed by atoms with Crippen LogP contribution in [-0.2, 0) is 0 Å². The molecule has 0 aromatic carbocycles. The highest BCUT2D eigenvalue weighted by Crippen LogP contribution is 2.30. The Kier molecular flexibility index (Phi) is 3.13. The molecule has 2 fully saturated rings. The molecule has 2 rings (SSSR count). The van der Waals surface area contributed by atoms with E-state index in [1.54, 1.807) is 0 Å². The number of nitrogens with zero attached hydrogens (tertiary/aromatic N) is 1. The lowest BCUT2D eigenvalue weighted by Crippen LogP contribution is -2.46. The molecule has 0 spiro atoms. The lowest BCUT2D eigenvalue weighted by Gasteiger charge is -2.38. The first-order valence-electron chi connectivity index (χ1n) is 6.10. The third-order valence-electron chi connectivity index (χ3n) is 3.83. The second-order valence-electron chi connectivity index (χ2n) is 5.46. The van der Waals surface area contributed by atoms with Gasteiger partial charge in [0.2, 0.25) is 0 Å². The highest BCUT2D eigenvalue weighted by Gasteiger charge is 2.28. The Bertz CT molecular complexity index is 187. The molecule has 1 aliphatic carbocycles. The van der Waals surface area contributed by atoms with E-state index in [0.717, 1.165) is 25.3 Å². The van der Waals surface area contributed by atoms with Crippen molar-refractivity contribution in [3.05, 3.63) is 0 Å². The number of rotatable bonds is 3. The van der Waals surface area contributed by atoms with Crippen molar-refractivity contribution in [2.45, 2.75) is 51.0 Å². The Hall–Kier alpha value is -0.0800. The maximum atomic E-state index is 9.94. The third kappa shape index (κ3) is 2.71. The summed E-state index contributed by atoms with van der Waals surface area (Å²) in [6.45, 7) is 5.27. The summed E-state index contributed by atoms with van der Waals surface area (Å²) in [5, 5.41) is 9.94. The second-order valence-corrected chi connectivity index (χ2v) is 5.46.